The van der Waals surface area contributed by atoms with Crippen molar-refractivity contribution in [2.45, 2.75) is 6.92 Å². The Morgan fingerprint density at radius 1 is 0.765 bits per heavy atom. The smallest absolute Gasteiger partial charge is 0.323 e. The van der Waals surface area contributed by atoms with E-state index in [1.807, 2.05) is 30.3 Å². The van der Waals surface area contributed by atoms with Gasteiger partial charge in [0.05, 0.1) is 6.54 Å². The van der Waals surface area contributed by atoms with E-state index in [9.17, 15) is 19.2 Å². The maximum absolute atomic E-state index is 12.5. The van der Waals surface area contributed by atoms with Gasteiger partial charge in [-0.1, -0.05) is 18.2 Å². The van der Waals surface area contributed by atoms with Crippen LogP contribution in [-0.2, 0) is 14.4 Å². The second-order valence-corrected chi connectivity index (χ2v) is 7.90. The van der Waals surface area contributed by atoms with E-state index in [0.717, 1.165) is 16.5 Å². The summed E-state index contributed by atoms with van der Waals surface area (Å²) in [5.41, 5.74) is 2.41. The number of likely N-dealkylation sites (N-methyl/N-ethyl adjacent to an activating group) is 1. The molecule has 3 N–H and O–H groups in total. The lowest BCUT2D eigenvalue weighted by Gasteiger charge is -2.21. The topological polar surface area (TPSA) is 127 Å². The Labute approximate surface area is 196 Å². The summed E-state index contributed by atoms with van der Waals surface area (Å²) in [6.07, 6.45) is 0. The van der Waals surface area contributed by atoms with E-state index in [1.54, 1.807) is 42.3 Å². The summed E-state index contributed by atoms with van der Waals surface area (Å²) in [5.74, 6) is -2.54. The SMILES string of the molecule is CC(=O)c1ccc2cc(N(C)CC(=O)Nc3ccc(N(CC(=O)O)CC(=O)O)cc3)ccc2c1. The van der Waals surface area contributed by atoms with Gasteiger partial charge in [0.25, 0.3) is 0 Å². The lowest BCUT2D eigenvalue weighted by Crippen LogP contribution is -2.34. The number of carbonyl (C=O) groups excluding carboxylic acids is 2. The first-order valence-corrected chi connectivity index (χ1v) is 10.5. The first-order chi connectivity index (χ1) is 16.1. The molecule has 0 unspecified atom stereocenters. The van der Waals surface area contributed by atoms with Crippen molar-refractivity contribution in [3.05, 3.63) is 66.2 Å². The molecule has 0 bridgehead atoms. The van der Waals surface area contributed by atoms with Gasteiger partial charge < -0.3 is 25.3 Å². The zero-order valence-electron chi connectivity index (χ0n) is 18.8. The second kappa shape index (κ2) is 10.5. The van der Waals surface area contributed by atoms with Crippen molar-refractivity contribution in [1.82, 2.24) is 0 Å². The number of nitrogens with zero attached hydrogens (tertiary/aromatic N) is 2. The predicted molar refractivity (Wildman–Crippen MR) is 130 cm³/mol. The van der Waals surface area contributed by atoms with Crippen LogP contribution in [0.2, 0.25) is 0 Å². The number of benzene rings is 3. The van der Waals surface area contributed by atoms with Crippen LogP contribution in [-0.4, -0.2) is 60.5 Å². The first kappa shape index (κ1) is 24.2. The van der Waals surface area contributed by atoms with Gasteiger partial charge in [-0.15, -0.1) is 0 Å². The molecule has 3 rings (SSSR count). The maximum Gasteiger partial charge on any atom is 0.323 e. The van der Waals surface area contributed by atoms with Crippen LogP contribution in [0, 0.1) is 0 Å². The minimum absolute atomic E-state index is 0.00396. The van der Waals surface area contributed by atoms with Gasteiger partial charge in [-0.3, -0.25) is 19.2 Å². The van der Waals surface area contributed by atoms with Gasteiger partial charge in [0.1, 0.15) is 13.1 Å². The Morgan fingerprint density at radius 3 is 1.91 bits per heavy atom. The van der Waals surface area contributed by atoms with Crippen LogP contribution in [0.4, 0.5) is 17.1 Å². The number of hydrogen-bond donors (Lipinski definition) is 3. The van der Waals surface area contributed by atoms with Gasteiger partial charge in [0, 0.05) is 29.7 Å². The molecule has 0 atom stereocenters. The highest BCUT2D eigenvalue weighted by atomic mass is 16.4. The maximum atomic E-state index is 12.5. The Hall–Kier alpha value is -4.40. The number of ketones is 1. The molecule has 0 fully saturated rings. The quantitative estimate of drug-likeness (QED) is 0.392. The largest absolute Gasteiger partial charge is 0.480 e. The van der Waals surface area contributed by atoms with E-state index in [4.69, 9.17) is 10.2 Å². The highest BCUT2D eigenvalue weighted by Crippen LogP contribution is 2.23. The zero-order chi connectivity index (χ0) is 24.8. The number of carboxylic acids is 2. The fraction of sp³-hybridized carbons (Fsp3) is 0.200. The number of Topliss-reactive ketones (excluding diaryl/α,β-unsaturated/α-hetero) is 1. The van der Waals surface area contributed by atoms with Crippen molar-refractivity contribution in [3.63, 3.8) is 0 Å². The predicted octanol–water partition coefficient (Wildman–Crippen LogP) is 3.09. The number of hydrogen-bond acceptors (Lipinski definition) is 6. The van der Waals surface area contributed by atoms with Crippen LogP contribution in [0.3, 0.4) is 0 Å². The van der Waals surface area contributed by atoms with Crippen LogP contribution in [0.1, 0.15) is 17.3 Å². The molecule has 9 heteroatoms. The molecule has 0 saturated carbocycles. The summed E-state index contributed by atoms with van der Waals surface area (Å²) in [6.45, 7) is 0.704. The number of carboxylic acid groups (broad SMARTS) is 2. The highest BCUT2D eigenvalue weighted by Gasteiger charge is 2.15. The monoisotopic (exact) mass is 463 g/mol. The normalized spacial score (nSPS) is 10.5. The highest BCUT2D eigenvalue weighted by molar-refractivity contribution is 5.99. The van der Waals surface area contributed by atoms with E-state index < -0.39 is 25.0 Å². The molecule has 176 valence electrons. The summed E-state index contributed by atoms with van der Waals surface area (Å²) in [6, 6.07) is 17.5. The number of aliphatic carboxylic acids is 2. The Balaban J connectivity index is 1.64. The molecule has 0 aliphatic carbocycles. The first-order valence-electron chi connectivity index (χ1n) is 10.5. The van der Waals surface area contributed by atoms with Crippen molar-refractivity contribution >= 4 is 51.5 Å². The van der Waals surface area contributed by atoms with E-state index >= 15 is 0 Å². The van der Waals surface area contributed by atoms with Gasteiger partial charge in [-0.25, -0.2) is 0 Å². The summed E-state index contributed by atoms with van der Waals surface area (Å²) < 4.78 is 0. The van der Waals surface area contributed by atoms with Gasteiger partial charge in [-0.2, -0.15) is 0 Å². The van der Waals surface area contributed by atoms with Crippen molar-refractivity contribution in [2.75, 3.05) is 41.8 Å². The standard InChI is InChI=1S/C25H25N3O6/c1-16(29)17-3-4-19-12-22(8-5-18(19)11-17)27(2)13-23(30)26-20-6-9-21(10-7-20)28(14-24(31)32)15-25(33)34/h3-12H,13-15H2,1-2H3,(H,26,30)(H,31,32)(H,33,34). The van der Waals surface area contributed by atoms with Crippen LogP contribution >= 0.6 is 0 Å². The fourth-order valence-electron chi connectivity index (χ4n) is 3.52. The molecule has 0 aliphatic rings. The van der Waals surface area contributed by atoms with Gasteiger partial charge in [0.15, 0.2) is 5.78 Å². The van der Waals surface area contributed by atoms with Crippen LogP contribution in [0.5, 0.6) is 0 Å². The number of nitrogens with one attached hydrogen (secondary N) is 1. The second-order valence-electron chi connectivity index (χ2n) is 7.90. The third-order valence-electron chi connectivity index (χ3n) is 5.22. The molecular formula is C25H25N3O6. The lowest BCUT2D eigenvalue weighted by molar-refractivity contribution is -0.136. The zero-order valence-corrected chi connectivity index (χ0v) is 18.8. The van der Waals surface area contributed by atoms with Gasteiger partial charge in [0.2, 0.25) is 5.91 Å². The van der Waals surface area contributed by atoms with E-state index in [0.29, 0.717) is 16.9 Å². The van der Waals surface area contributed by atoms with Gasteiger partial charge in [-0.05, 0) is 60.2 Å². The number of fused-ring (bicyclic) bond motifs is 1. The Bertz CT molecular complexity index is 1220. The molecule has 0 aromatic heterocycles. The van der Waals surface area contributed by atoms with E-state index in [2.05, 4.69) is 5.32 Å². The summed E-state index contributed by atoms with van der Waals surface area (Å²) in [5, 5.41) is 22.7. The van der Waals surface area contributed by atoms with Crippen LogP contribution in [0.25, 0.3) is 10.8 Å². The Morgan fingerprint density at radius 2 is 1.32 bits per heavy atom. The molecule has 0 spiro atoms. The molecule has 9 nitrogen and oxygen atoms in total. The van der Waals surface area contributed by atoms with Crippen LogP contribution in [0.15, 0.2) is 60.7 Å². The summed E-state index contributed by atoms with van der Waals surface area (Å²) >= 11 is 0. The molecule has 3 aromatic rings. The minimum Gasteiger partial charge on any atom is -0.480 e. The molecule has 0 heterocycles. The average Bonchev–Trinajstić information content (AvgIpc) is 2.77. The van der Waals surface area contributed by atoms with Crippen molar-refractivity contribution in [1.29, 1.82) is 0 Å². The third-order valence-corrected chi connectivity index (χ3v) is 5.22. The van der Waals surface area contributed by atoms with Crippen LogP contribution < -0.4 is 15.1 Å². The fourth-order valence-corrected chi connectivity index (χ4v) is 3.52. The molecule has 3 aromatic carbocycles. The third kappa shape index (κ3) is 6.32. The summed E-state index contributed by atoms with van der Waals surface area (Å²) in [4.78, 5) is 49.1. The summed E-state index contributed by atoms with van der Waals surface area (Å²) in [7, 11) is 1.80. The molecular weight excluding hydrogens is 438 g/mol. The number of rotatable bonds is 10. The Kier molecular flexibility index (Phi) is 7.47. The van der Waals surface area contributed by atoms with Crippen molar-refractivity contribution in [2.24, 2.45) is 0 Å². The van der Waals surface area contributed by atoms with E-state index in [-0.39, 0.29) is 18.2 Å². The minimum atomic E-state index is -1.14. The molecule has 1 amide bonds. The van der Waals surface area contributed by atoms with E-state index in [1.165, 1.54) is 11.8 Å². The van der Waals surface area contributed by atoms with Crippen molar-refractivity contribution in [3.8, 4) is 0 Å². The lowest BCUT2D eigenvalue weighted by atomic mass is 10.0. The number of anilines is 3. The molecule has 0 saturated heterocycles. The molecule has 34 heavy (non-hydrogen) atoms. The number of amides is 1. The average molecular weight is 463 g/mol. The molecule has 0 radical (unpaired) electrons. The van der Waals surface area contributed by atoms with Gasteiger partial charge >= 0.3 is 11.9 Å². The number of carbonyl (C=O) groups is 4. The molecule has 0 aliphatic heterocycles. The van der Waals surface area contributed by atoms with Crippen molar-refractivity contribution < 1.29 is 29.4 Å².